The van der Waals surface area contributed by atoms with Gasteiger partial charge in [0, 0.05) is 6.42 Å². The molecule has 0 aliphatic rings. The lowest BCUT2D eigenvalue weighted by atomic mass is 9.86. The number of hydrogen-bond donors (Lipinski definition) is 0. The van der Waals surface area contributed by atoms with E-state index >= 15 is 0 Å². The van der Waals surface area contributed by atoms with Crippen LogP contribution in [0.1, 0.15) is 53.5 Å². The van der Waals surface area contributed by atoms with Crippen LogP contribution in [-0.2, 0) is 10.2 Å². The number of benzene rings is 2. The van der Waals surface area contributed by atoms with Crippen LogP contribution in [0.2, 0.25) is 0 Å². The van der Waals surface area contributed by atoms with Crippen LogP contribution in [-0.4, -0.2) is 18.8 Å². The molecule has 0 aliphatic carbocycles. The van der Waals surface area contributed by atoms with E-state index in [1.165, 1.54) is 16.7 Å². The number of ether oxygens (including phenoxy) is 2. The van der Waals surface area contributed by atoms with Crippen molar-refractivity contribution in [3.05, 3.63) is 54.1 Å². The molecule has 0 bridgehead atoms. The summed E-state index contributed by atoms with van der Waals surface area (Å²) < 4.78 is 11.5. The smallest absolute Gasteiger partial charge is 0.119 e. The Labute approximate surface area is 153 Å². The van der Waals surface area contributed by atoms with Crippen molar-refractivity contribution in [3.63, 3.8) is 0 Å². The number of rotatable bonds is 6. The van der Waals surface area contributed by atoms with Crippen LogP contribution in [0.4, 0.5) is 0 Å². The van der Waals surface area contributed by atoms with Gasteiger partial charge in [-0.05, 0) is 55.0 Å². The average Bonchev–Trinajstić information content (AvgIpc) is 2.53. The van der Waals surface area contributed by atoms with E-state index in [-0.39, 0.29) is 11.0 Å². The lowest BCUT2D eigenvalue weighted by Crippen LogP contribution is -2.20. The Morgan fingerprint density at radius 3 is 1.68 bits per heavy atom. The van der Waals surface area contributed by atoms with Crippen molar-refractivity contribution in [2.24, 2.45) is 0 Å². The largest absolute Gasteiger partial charge is 0.494 e. The summed E-state index contributed by atoms with van der Waals surface area (Å²) in [6, 6.07) is 17.1. The first-order valence-corrected chi connectivity index (χ1v) is 9.13. The summed E-state index contributed by atoms with van der Waals surface area (Å²) in [4.78, 5) is 0. The second kappa shape index (κ2) is 8.05. The minimum Gasteiger partial charge on any atom is -0.494 e. The first-order chi connectivity index (χ1) is 11.6. The van der Waals surface area contributed by atoms with Gasteiger partial charge in [0.1, 0.15) is 5.75 Å². The molecule has 0 unspecified atom stereocenters. The van der Waals surface area contributed by atoms with E-state index < -0.39 is 0 Å². The molecule has 0 aliphatic heterocycles. The minimum atomic E-state index is -0.0792. The molecule has 0 fully saturated rings. The van der Waals surface area contributed by atoms with Crippen molar-refractivity contribution in [1.82, 2.24) is 0 Å². The van der Waals surface area contributed by atoms with Crippen LogP contribution >= 0.6 is 0 Å². The monoisotopic (exact) mass is 340 g/mol. The topological polar surface area (TPSA) is 18.5 Å². The van der Waals surface area contributed by atoms with E-state index in [4.69, 9.17) is 9.47 Å². The van der Waals surface area contributed by atoms with Crippen molar-refractivity contribution < 1.29 is 9.47 Å². The van der Waals surface area contributed by atoms with Crippen LogP contribution < -0.4 is 4.74 Å². The zero-order valence-electron chi connectivity index (χ0n) is 16.6. The third-order valence-corrected chi connectivity index (χ3v) is 4.03. The Bertz CT molecular complexity index is 640. The van der Waals surface area contributed by atoms with Crippen molar-refractivity contribution in [2.45, 2.75) is 59.0 Å². The van der Waals surface area contributed by atoms with Crippen LogP contribution in [0.5, 0.6) is 5.75 Å². The van der Waals surface area contributed by atoms with Crippen molar-refractivity contribution in [1.29, 1.82) is 0 Å². The molecule has 25 heavy (non-hydrogen) atoms. The van der Waals surface area contributed by atoms with Crippen molar-refractivity contribution >= 4 is 0 Å². The molecule has 2 aromatic carbocycles. The third-order valence-electron chi connectivity index (χ3n) is 4.03. The van der Waals surface area contributed by atoms with E-state index in [1.54, 1.807) is 0 Å². The van der Waals surface area contributed by atoms with Crippen molar-refractivity contribution in [2.75, 3.05) is 13.2 Å². The van der Waals surface area contributed by atoms with E-state index in [1.807, 2.05) is 12.1 Å². The molecule has 2 aromatic rings. The Balaban J connectivity index is 1.87. The zero-order valence-corrected chi connectivity index (χ0v) is 16.6. The predicted molar refractivity (Wildman–Crippen MR) is 106 cm³/mol. The lowest BCUT2D eigenvalue weighted by Gasteiger charge is -2.19. The first-order valence-electron chi connectivity index (χ1n) is 9.13. The fraction of sp³-hybridized carbons (Fsp3) is 0.478. The zero-order chi connectivity index (χ0) is 18.5. The Kier molecular flexibility index (Phi) is 6.29. The molecular formula is C23H32O2. The standard InChI is InChI=1S/C23H32O2/c1-22(2,3)20-12-8-18(9-13-20)19-10-14-21(15-11-19)24-16-7-17-25-23(4,5)6/h8-15H,7,16-17H2,1-6H3. The summed E-state index contributed by atoms with van der Waals surface area (Å²) in [6.07, 6.45) is 0.896. The molecule has 2 heteroatoms. The van der Waals surface area contributed by atoms with Gasteiger partial charge in [-0.1, -0.05) is 57.2 Å². The SMILES string of the molecule is CC(C)(C)OCCCOc1ccc(-c2ccc(C(C)(C)C)cc2)cc1. The maximum Gasteiger partial charge on any atom is 0.119 e. The molecule has 136 valence electrons. The molecule has 0 heterocycles. The van der Waals surface area contributed by atoms with Crippen LogP contribution in [0.25, 0.3) is 11.1 Å². The summed E-state index contributed by atoms with van der Waals surface area (Å²) in [7, 11) is 0. The van der Waals surface area contributed by atoms with E-state index in [0.717, 1.165) is 18.8 Å². The summed E-state index contributed by atoms with van der Waals surface area (Å²) in [5.74, 6) is 0.908. The van der Waals surface area contributed by atoms with Gasteiger partial charge in [0.15, 0.2) is 0 Å². The number of hydrogen-bond acceptors (Lipinski definition) is 2. The summed E-state index contributed by atoms with van der Waals surface area (Å²) in [6.45, 7) is 14.3. The highest BCUT2D eigenvalue weighted by Gasteiger charge is 2.13. The fourth-order valence-corrected chi connectivity index (χ4v) is 2.53. The molecule has 0 spiro atoms. The highest BCUT2D eigenvalue weighted by atomic mass is 16.5. The molecule has 0 N–H and O–H groups in total. The molecule has 0 amide bonds. The van der Waals surface area contributed by atoms with Gasteiger partial charge in [0.25, 0.3) is 0 Å². The maximum absolute atomic E-state index is 5.80. The molecule has 0 saturated carbocycles. The Hall–Kier alpha value is -1.80. The van der Waals surface area contributed by atoms with Crippen LogP contribution in [0, 0.1) is 0 Å². The molecule has 2 rings (SSSR count). The summed E-state index contributed by atoms with van der Waals surface area (Å²) in [5, 5.41) is 0. The molecule has 0 radical (unpaired) electrons. The van der Waals surface area contributed by atoms with Gasteiger partial charge in [-0.2, -0.15) is 0 Å². The second-order valence-electron chi connectivity index (χ2n) is 8.51. The van der Waals surface area contributed by atoms with Gasteiger partial charge >= 0.3 is 0 Å². The van der Waals surface area contributed by atoms with Gasteiger partial charge in [0.2, 0.25) is 0 Å². The molecular weight excluding hydrogens is 308 g/mol. The average molecular weight is 341 g/mol. The van der Waals surface area contributed by atoms with Gasteiger partial charge in [0.05, 0.1) is 18.8 Å². The summed E-state index contributed by atoms with van der Waals surface area (Å²) in [5.41, 5.74) is 3.91. The van der Waals surface area contributed by atoms with E-state index in [9.17, 15) is 0 Å². The van der Waals surface area contributed by atoms with Crippen LogP contribution in [0.3, 0.4) is 0 Å². The normalized spacial score (nSPS) is 12.2. The minimum absolute atomic E-state index is 0.0792. The molecule has 0 aromatic heterocycles. The van der Waals surface area contributed by atoms with E-state index in [2.05, 4.69) is 77.9 Å². The highest BCUT2D eigenvalue weighted by molar-refractivity contribution is 5.64. The lowest BCUT2D eigenvalue weighted by molar-refractivity contribution is -0.00768. The first kappa shape index (κ1) is 19.5. The fourth-order valence-electron chi connectivity index (χ4n) is 2.53. The van der Waals surface area contributed by atoms with Crippen molar-refractivity contribution in [3.8, 4) is 16.9 Å². The van der Waals surface area contributed by atoms with E-state index in [0.29, 0.717) is 6.61 Å². The Morgan fingerprint density at radius 1 is 0.680 bits per heavy atom. The Morgan fingerprint density at radius 2 is 1.20 bits per heavy atom. The molecule has 0 atom stereocenters. The van der Waals surface area contributed by atoms with Crippen LogP contribution in [0.15, 0.2) is 48.5 Å². The van der Waals surface area contributed by atoms with Gasteiger partial charge in [-0.3, -0.25) is 0 Å². The third kappa shape index (κ3) is 6.55. The predicted octanol–water partition coefficient (Wildman–Crippen LogP) is 6.24. The van der Waals surface area contributed by atoms with Gasteiger partial charge in [-0.15, -0.1) is 0 Å². The second-order valence-corrected chi connectivity index (χ2v) is 8.51. The maximum atomic E-state index is 5.80. The molecule has 0 saturated heterocycles. The quantitative estimate of drug-likeness (QED) is 0.580. The summed E-state index contributed by atoms with van der Waals surface area (Å²) >= 11 is 0. The van der Waals surface area contributed by atoms with Gasteiger partial charge < -0.3 is 9.47 Å². The molecule has 2 nitrogen and oxygen atoms in total. The highest BCUT2D eigenvalue weighted by Crippen LogP contribution is 2.27. The van der Waals surface area contributed by atoms with Gasteiger partial charge in [-0.25, -0.2) is 0 Å².